The Morgan fingerprint density at radius 3 is 2.38 bits per heavy atom. The largest absolute Gasteiger partial charge is 0.349 e. The second kappa shape index (κ2) is 6.89. The molecule has 0 aliphatic heterocycles. The van der Waals surface area contributed by atoms with Gasteiger partial charge in [0.15, 0.2) is 0 Å². The lowest BCUT2D eigenvalue weighted by Gasteiger charge is -2.15. The van der Waals surface area contributed by atoms with E-state index in [0.29, 0.717) is 18.9 Å². The normalized spacial score (nSPS) is 12.6. The summed E-state index contributed by atoms with van der Waals surface area (Å²) in [5, 5.41) is 0. The van der Waals surface area contributed by atoms with E-state index in [1.54, 1.807) is 19.0 Å². The Labute approximate surface area is 81.3 Å². The summed E-state index contributed by atoms with van der Waals surface area (Å²) < 4.78 is 0. The molecule has 2 N–H and O–H groups in total. The molecule has 78 valence electrons. The first-order chi connectivity index (χ1) is 6.11. The van der Waals surface area contributed by atoms with Gasteiger partial charge in [0.1, 0.15) is 0 Å². The summed E-state index contributed by atoms with van der Waals surface area (Å²) in [5.41, 5.74) is 5.60. The first-order valence-electron chi connectivity index (χ1n) is 5.02. The number of hydrogen-bond acceptors (Lipinski definition) is 2. The Morgan fingerprint density at radius 2 is 2.00 bits per heavy atom. The van der Waals surface area contributed by atoms with E-state index in [1.165, 1.54) is 0 Å². The van der Waals surface area contributed by atoms with Gasteiger partial charge in [-0.15, -0.1) is 0 Å². The van der Waals surface area contributed by atoms with Crippen LogP contribution in [0, 0.1) is 5.92 Å². The monoisotopic (exact) mass is 186 g/mol. The van der Waals surface area contributed by atoms with Crippen molar-refractivity contribution in [3.8, 4) is 0 Å². The first-order valence-corrected chi connectivity index (χ1v) is 5.02. The van der Waals surface area contributed by atoms with Crippen molar-refractivity contribution in [3.63, 3.8) is 0 Å². The van der Waals surface area contributed by atoms with Crippen LogP contribution in [0.3, 0.4) is 0 Å². The molecule has 0 aromatic heterocycles. The van der Waals surface area contributed by atoms with Crippen LogP contribution in [-0.2, 0) is 4.79 Å². The zero-order valence-electron chi connectivity index (χ0n) is 9.05. The van der Waals surface area contributed by atoms with E-state index in [9.17, 15) is 4.79 Å². The topological polar surface area (TPSA) is 46.3 Å². The van der Waals surface area contributed by atoms with Crippen molar-refractivity contribution in [2.45, 2.75) is 32.6 Å². The molecule has 1 atom stereocenters. The molecule has 1 unspecified atom stereocenters. The lowest BCUT2D eigenvalue weighted by Crippen LogP contribution is -2.23. The van der Waals surface area contributed by atoms with Gasteiger partial charge < -0.3 is 10.6 Å². The highest BCUT2D eigenvalue weighted by Crippen LogP contribution is 2.12. The molecular formula is C10H22N2O. The molecule has 0 bridgehead atoms. The second-order valence-electron chi connectivity index (χ2n) is 3.72. The molecule has 0 aromatic rings. The fourth-order valence-electron chi connectivity index (χ4n) is 1.34. The lowest BCUT2D eigenvalue weighted by molar-refractivity contribution is -0.129. The number of nitrogens with two attached hydrogens (primary N) is 1. The number of nitrogens with zero attached hydrogens (tertiary/aromatic N) is 1. The average molecular weight is 186 g/mol. The van der Waals surface area contributed by atoms with Crippen LogP contribution in [0.4, 0.5) is 0 Å². The third-order valence-electron chi connectivity index (χ3n) is 2.30. The van der Waals surface area contributed by atoms with Crippen molar-refractivity contribution >= 4 is 5.91 Å². The minimum absolute atomic E-state index is 0.203. The van der Waals surface area contributed by atoms with Gasteiger partial charge in [-0.05, 0) is 25.3 Å². The second-order valence-corrected chi connectivity index (χ2v) is 3.72. The number of rotatable bonds is 6. The molecule has 0 aliphatic carbocycles. The Hall–Kier alpha value is -0.570. The van der Waals surface area contributed by atoms with Gasteiger partial charge in [-0.1, -0.05) is 13.3 Å². The lowest BCUT2D eigenvalue weighted by atomic mass is 9.98. The summed E-state index contributed by atoms with van der Waals surface area (Å²) in [5.74, 6) is 0.725. The molecule has 0 aliphatic rings. The van der Waals surface area contributed by atoms with Crippen LogP contribution in [0.5, 0.6) is 0 Å². The Morgan fingerprint density at radius 1 is 1.38 bits per heavy atom. The third kappa shape index (κ3) is 5.64. The van der Waals surface area contributed by atoms with Gasteiger partial charge in [-0.25, -0.2) is 0 Å². The van der Waals surface area contributed by atoms with Crippen LogP contribution in [0.2, 0.25) is 0 Å². The molecule has 0 fully saturated rings. The van der Waals surface area contributed by atoms with Crippen LogP contribution >= 0.6 is 0 Å². The predicted molar refractivity (Wildman–Crippen MR) is 55.4 cm³/mol. The average Bonchev–Trinajstić information content (AvgIpc) is 2.11. The van der Waals surface area contributed by atoms with Crippen molar-refractivity contribution in [3.05, 3.63) is 0 Å². The highest BCUT2D eigenvalue weighted by atomic mass is 16.2. The van der Waals surface area contributed by atoms with Crippen molar-refractivity contribution < 1.29 is 4.79 Å². The highest BCUT2D eigenvalue weighted by Gasteiger charge is 2.09. The standard InChI is InChI=1S/C10H22N2O/c1-4-5-9(8-11)6-7-10(13)12(2)3/h9H,4-8,11H2,1-3H3. The van der Waals surface area contributed by atoms with Gasteiger partial charge in [0, 0.05) is 20.5 Å². The Bertz CT molecular complexity index is 146. The third-order valence-corrected chi connectivity index (χ3v) is 2.30. The summed E-state index contributed by atoms with van der Waals surface area (Å²) >= 11 is 0. The molecule has 0 aromatic carbocycles. The number of carbonyl (C=O) groups excluding carboxylic acids is 1. The smallest absolute Gasteiger partial charge is 0.222 e. The first kappa shape index (κ1) is 12.4. The van der Waals surface area contributed by atoms with Crippen molar-refractivity contribution in [2.75, 3.05) is 20.6 Å². The molecule has 0 saturated heterocycles. The fraction of sp³-hybridized carbons (Fsp3) is 0.900. The summed E-state index contributed by atoms with van der Waals surface area (Å²) in [6.07, 6.45) is 3.85. The van der Waals surface area contributed by atoms with Crippen LogP contribution < -0.4 is 5.73 Å². The van der Waals surface area contributed by atoms with Gasteiger partial charge >= 0.3 is 0 Å². The van der Waals surface area contributed by atoms with E-state index in [4.69, 9.17) is 5.73 Å². The molecule has 0 radical (unpaired) electrons. The zero-order chi connectivity index (χ0) is 10.3. The molecule has 1 amide bonds. The van der Waals surface area contributed by atoms with Crippen molar-refractivity contribution in [1.29, 1.82) is 0 Å². The molecule has 0 heterocycles. The molecule has 3 nitrogen and oxygen atoms in total. The van der Waals surface area contributed by atoms with Gasteiger partial charge in [-0.3, -0.25) is 4.79 Å². The van der Waals surface area contributed by atoms with Crippen LogP contribution in [0.25, 0.3) is 0 Å². The van der Waals surface area contributed by atoms with E-state index >= 15 is 0 Å². The molecule has 0 rings (SSSR count). The van der Waals surface area contributed by atoms with Gasteiger partial charge in [0.25, 0.3) is 0 Å². The number of amides is 1. The quantitative estimate of drug-likeness (QED) is 0.678. The SMILES string of the molecule is CCCC(CN)CCC(=O)N(C)C. The number of carbonyl (C=O) groups is 1. The van der Waals surface area contributed by atoms with Crippen LogP contribution in [0.1, 0.15) is 32.6 Å². The van der Waals surface area contributed by atoms with Gasteiger partial charge in [0.05, 0.1) is 0 Å². The maximum Gasteiger partial charge on any atom is 0.222 e. The minimum atomic E-state index is 0.203. The Kier molecular flexibility index (Phi) is 6.59. The van der Waals surface area contributed by atoms with Crippen LogP contribution in [0.15, 0.2) is 0 Å². The molecule has 0 saturated carbocycles. The van der Waals surface area contributed by atoms with Crippen LogP contribution in [-0.4, -0.2) is 31.4 Å². The van der Waals surface area contributed by atoms with Crippen molar-refractivity contribution in [1.82, 2.24) is 4.90 Å². The molecular weight excluding hydrogens is 164 g/mol. The van der Waals surface area contributed by atoms with E-state index < -0.39 is 0 Å². The van der Waals surface area contributed by atoms with E-state index in [-0.39, 0.29) is 5.91 Å². The molecule has 13 heavy (non-hydrogen) atoms. The maximum absolute atomic E-state index is 11.3. The van der Waals surface area contributed by atoms with Gasteiger partial charge in [-0.2, -0.15) is 0 Å². The predicted octanol–water partition coefficient (Wildman–Crippen LogP) is 1.23. The molecule has 0 spiro atoms. The fourth-order valence-corrected chi connectivity index (χ4v) is 1.34. The Balaban J connectivity index is 3.65. The molecule has 3 heteroatoms. The minimum Gasteiger partial charge on any atom is -0.349 e. The maximum atomic E-state index is 11.3. The highest BCUT2D eigenvalue weighted by molar-refractivity contribution is 5.75. The van der Waals surface area contributed by atoms with Gasteiger partial charge in [0.2, 0.25) is 5.91 Å². The van der Waals surface area contributed by atoms with Crippen molar-refractivity contribution in [2.24, 2.45) is 11.7 Å². The number of hydrogen-bond donors (Lipinski definition) is 1. The zero-order valence-corrected chi connectivity index (χ0v) is 9.05. The van der Waals surface area contributed by atoms with E-state index in [2.05, 4.69) is 6.92 Å². The summed E-state index contributed by atoms with van der Waals surface area (Å²) in [7, 11) is 3.58. The summed E-state index contributed by atoms with van der Waals surface area (Å²) in [6.45, 7) is 2.85. The summed E-state index contributed by atoms with van der Waals surface area (Å²) in [4.78, 5) is 12.9. The van der Waals surface area contributed by atoms with E-state index in [1.807, 2.05) is 0 Å². The summed E-state index contributed by atoms with van der Waals surface area (Å²) in [6, 6.07) is 0. The van der Waals surface area contributed by atoms with E-state index in [0.717, 1.165) is 19.3 Å².